The van der Waals surface area contributed by atoms with Crippen molar-refractivity contribution in [3.63, 3.8) is 0 Å². The molecule has 3 rings (SSSR count). The second-order valence-corrected chi connectivity index (χ2v) is 6.55. The van der Waals surface area contributed by atoms with Crippen LogP contribution in [0, 0.1) is 0 Å². The number of benzene rings is 1. The van der Waals surface area contributed by atoms with E-state index >= 15 is 0 Å². The number of nitrogens with zero attached hydrogens (tertiary/aromatic N) is 2. The number of halogens is 3. The molecule has 0 aliphatic carbocycles. The molecule has 2 heterocycles. The minimum Gasteiger partial charge on any atom is -0.459 e. The van der Waals surface area contributed by atoms with E-state index in [0.29, 0.717) is 11.0 Å². The van der Waals surface area contributed by atoms with Gasteiger partial charge in [0.25, 0.3) is 0 Å². The molecule has 0 amide bonds. The lowest BCUT2D eigenvalue weighted by Crippen LogP contribution is -2.38. The fraction of sp³-hybridized carbons (Fsp3) is 0.294. The highest BCUT2D eigenvalue weighted by Crippen LogP contribution is 2.30. The van der Waals surface area contributed by atoms with Gasteiger partial charge in [-0.1, -0.05) is 18.2 Å². The molecule has 0 spiro atoms. The van der Waals surface area contributed by atoms with Crippen LogP contribution in [0.4, 0.5) is 13.2 Å². The lowest BCUT2D eigenvalue weighted by atomic mass is 10.2. The van der Waals surface area contributed by atoms with E-state index in [-0.39, 0.29) is 12.6 Å². The first-order valence-corrected chi connectivity index (χ1v) is 8.72. The number of aromatic nitrogens is 1. The van der Waals surface area contributed by atoms with Gasteiger partial charge in [-0.05, 0) is 19.1 Å². The standard InChI is InChI=1S/C17H17F3N4OS/c1-10(13-7-11-5-3-4-6-12(11)25-13)23-16(21-2)22-8-15-24-14(9-26-15)17(18,19)20/h3-7,9-10H,8H2,1-2H3,(H2,21,22,23). The van der Waals surface area contributed by atoms with E-state index in [4.69, 9.17) is 4.42 Å². The summed E-state index contributed by atoms with van der Waals surface area (Å²) in [5.41, 5.74) is -0.0838. The first kappa shape index (κ1) is 18.2. The number of thiazole rings is 1. The van der Waals surface area contributed by atoms with Gasteiger partial charge < -0.3 is 15.1 Å². The van der Waals surface area contributed by atoms with Crippen molar-refractivity contribution >= 4 is 28.3 Å². The van der Waals surface area contributed by atoms with Gasteiger partial charge in [0.2, 0.25) is 0 Å². The van der Waals surface area contributed by atoms with Crippen molar-refractivity contribution in [3.05, 3.63) is 52.2 Å². The summed E-state index contributed by atoms with van der Waals surface area (Å²) in [6.45, 7) is 2.06. The number of guanidine groups is 1. The zero-order valence-electron chi connectivity index (χ0n) is 14.1. The van der Waals surface area contributed by atoms with Crippen molar-refractivity contribution in [1.29, 1.82) is 0 Å². The molecule has 0 aliphatic heterocycles. The van der Waals surface area contributed by atoms with Crippen LogP contribution in [0.3, 0.4) is 0 Å². The Labute approximate surface area is 152 Å². The molecule has 1 aromatic carbocycles. The number of hydrogen-bond acceptors (Lipinski definition) is 4. The topological polar surface area (TPSA) is 62.5 Å². The van der Waals surface area contributed by atoms with E-state index < -0.39 is 11.9 Å². The number of aliphatic imine (C=N–C) groups is 1. The highest BCUT2D eigenvalue weighted by molar-refractivity contribution is 7.09. The van der Waals surface area contributed by atoms with Crippen molar-refractivity contribution in [2.45, 2.75) is 25.7 Å². The number of alkyl halides is 3. The fourth-order valence-electron chi connectivity index (χ4n) is 2.37. The van der Waals surface area contributed by atoms with E-state index in [1.54, 1.807) is 7.05 Å². The Morgan fingerprint density at radius 3 is 2.77 bits per heavy atom. The molecule has 138 valence electrons. The Bertz CT molecular complexity index is 883. The lowest BCUT2D eigenvalue weighted by molar-refractivity contribution is -0.140. The summed E-state index contributed by atoms with van der Waals surface area (Å²) in [6.07, 6.45) is -4.43. The Hall–Kier alpha value is -2.55. The van der Waals surface area contributed by atoms with Crippen LogP contribution >= 0.6 is 11.3 Å². The first-order valence-electron chi connectivity index (χ1n) is 7.84. The predicted molar refractivity (Wildman–Crippen MR) is 95.1 cm³/mol. The molecule has 0 radical (unpaired) electrons. The summed E-state index contributed by atoms with van der Waals surface area (Å²) in [7, 11) is 1.59. The van der Waals surface area contributed by atoms with Gasteiger partial charge in [0.1, 0.15) is 16.4 Å². The van der Waals surface area contributed by atoms with Crippen LogP contribution < -0.4 is 10.6 Å². The molecule has 0 saturated heterocycles. The van der Waals surface area contributed by atoms with Crippen LogP contribution in [0.1, 0.15) is 29.4 Å². The Morgan fingerprint density at radius 1 is 1.35 bits per heavy atom. The minimum atomic E-state index is -4.43. The summed E-state index contributed by atoms with van der Waals surface area (Å²) in [5.74, 6) is 1.18. The average Bonchev–Trinajstić information content (AvgIpc) is 3.24. The maximum Gasteiger partial charge on any atom is 0.434 e. The van der Waals surface area contributed by atoms with Crippen LogP contribution in [-0.2, 0) is 12.7 Å². The molecule has 1 atom stereocenters. The quantitative estimate of drug-likeness (QED) is 0.521. The zero-order chi connectivity index (χ0) is 18.7. The van der Waals surface area contributed by atoms with Crippen molar-refractivity contribution < 1.29 is 17.6 Å². The third kappa shape index (κ3) is 4.16. The molecule has 0 aliphatic rings. The lowest BCUT2D eigenvalue weighted by Gasteiger charge is -2.15. The highest BCUT2D eigenvalue weighted by Gasteiger charge is 2.33. The van der Waals surface area contributed by atoms with Gasteiger partial charge in [-0.15, -0.1) is 11.3 Å². The third-order valence-corrected chi connectivity index (χ3v) is 4.55. The van der Waals surface area contributed by atoms with Crippen molar-refractivity contribution in [1.82, 2.24) is 15.6 Å². The van der Waals surface area contributed by atoms with Crippen LogP contribution in [0.25, 0.3) is 11.0 Å². The molecule has 0 bridgehead atoms. The van der Waals surface area contributed by atoms with E-state index in [1.165, 1.54) is 0 Å². The van der Waals surface area contributed by atoms with Gasteiger partial charge in [0.15, 0.2) is 11.7 Å². The van der Waals surface area contributed by atoms with Crippen LogP contribution in [-0.4, -0.2) is 18.0 Å². The molecule has 2 aromatic heterocycles. The second kappa shape index (κ2) is 7.36. The SMILES string of the molecule is CN=C(NCc1nc(C(F)(F)F)cs1)NC(C)c1cc2ccccc2o1. The van der Waals surface area contributed by atoms with Crippen molar-refractivity contribution in [2.75, 3.05) is 7.05 Å². The normalized spacial score (nSPS) is 13.8. The summed E-state index contributed by atoms with van der Waals surface area (Å²) < 4.78 is 43.6. The van der Waals surface area contributed by atoms with E-state index in [1.807, 2.05) is 37.3 Å². The molecule has 1 unspecified atom stereocenters. The Kier molecular flexibility index (Phi) is 5.17. The number of furan rings is 1. The van der Waals surface area contributed by atoms with Gasteiger partial charge in [0.05, 0.1) is 12.6 Å². The van der Waals surface area contributed by atoms with Crippen LogP contribution in [0.2, 0.25) is 0 Å². The number of fused-ring (bicyclic) bond motifs is 1. The van der Waals surface area contributed by atoms with Gasteiger partial charge in [-0.2, -0.15) is 13.2 Å². The van der Waals surface area contributed by atoms with Crippen LogP contribution in [0.5, 0.6) is 0 Å². The molecule has 9 heteroatoms. The summed E-state index contributed by atoms with van der Waals surface area (Å²) in [4.78, 5) is 7.67. The van der Waals surface area contributed by atoms with Gasteiger partial charge >= 0.3 is 6.18 Å². The maximum atomic E-state index is 12.6. The molecular formula is C17H17F3N4OS. The third-order valence-electron chi connectivity index (χ3n) is 3.70. The monoisotopic (exact) mass is 382 g/mol. The van der Waals surface area contributed by atoms with Gasteiger partial charge in [0, 0.05) is 17.8 Å². The van der Waals surface area contributed by atoms with E-state index in [0.717, 1.165) is 33.4 Å². The van der Waals surface area contributed by atoms with Crippen LogP contribution in [0.15, 0.2) is 45.1 Å². The molecule has 26 heavy (non-hydrogen) atoms. The van der Waals surface area contributed by atoms with E-state index in [2.05, 4.69) is 20.6 Å². The van der Waals surface area contributed by atoms with Crippen molar-refractivity contribution in [3.8, 4) is 0 Å². The number of nitrogens with one attached hydrogen (secondary N) is 2. The molecule has 5 nitrogen and oxygen atoms in total. The maximum absolute atomic E-state index is 12.6. The Morgan fingerprint density at radius 2 is 2.12 bits per heavy atom. The first-order chi connectivity index (χ1) is 12.4. The number of para-hydroxylation sites is 1. The molecular weight excluding hydrogens is 365 g/mol. The molecule has 3 aromatic rings. The average molecular weight is 382 g/mol. The highest BCUT2D eigenvalue weighted by atomic mass is 32.1. The largest absolute Gasteiger partial charge is 0.459 e. The van der Waals surface area contributed by atoms with Gasteiger partial charge in [-0.25, -0.2) is 4.98 Å². The van der Waals surface area contributed by atoms with Crippen molar-refractivity contribution in [2.24, 2.45) is 4.99 Å². The minimum absolute atomic E-state index is 0.146. The predicted octanol–water partition coefficient (Wildman–Crippen LogP) is 4.33. The summed E-state index contributed by atoms with van der Waals surface area (Å²) in [5, 5.41) is 8.45. The molecule has 0 saturated carbocycles. The number of hydrogen-bond donors (Lipinski definition) is 2. The van der Waals surface area contributed by atoms with E-state index in [9.17, 15) is 13.2 Å². The Balaban J connectivity index is 1.61. The molecule has 0 fully saturated rings. The smallest absolute Gasteiger partial charge is 0.434 e. The number of rotatable bonds is 4. The molecule has 2 N–H and O–H groups in total. The fourth-order valence-corrected chi connectivity index (χ4v) is 3.11. The second-order valence-electron chi connectivity index (χ2n) is 5.60. The summed E-state index contributed by atoms with van der Waals surface area (Å²) in [6, 6.07) is 9.45. The van der Waals surface area contributed by atoms with Gasteiger partial charge in [-0.3, -0.25) is 4.99 Å². The zero-order valence-corrected chi connectivity index (χ0v) is 14.9. The summed E-state index contributed by atoms with van der Waals surface area (Å²) >= 11 is 0.952.